The predicted molar refractivity (Wildman–Crippen MR) is 81.5 cm³/mol. The van der Waals surface area contributed by atoms with Crippen molar-refractivity contribution in [2.45, 2.75) is 32.2 Å². The van der Waals surface area contributed by atoms with Crippen molar-refractivity contribution in [2.75, 3.05) is 5.32 Å². The Labute approximate surface area is 124 Å². The fourth-order valence-electron chi connectivity index (χ4n) is 2.04. The monoisotopic (exact) mass is 285 g/mol. The Hall–Kier alpha value is -2.43. The summed E-state index contributed by atoms with van der Waals surface area (Å²) in [4.78, 5) is 18.8. The summed E-state index contributed by atoms with van der Waals surface area (Å²) < 4.78 is 0. The molecule has 5 nitrogen and oxygen atoms in total. The van der Waals surface area contributed by atoms with E-state index < -0.39 is 5.97 Å². The first-order valence-corrected chi connectivity index (χ1v) is 6.84. The number of nitrogens with one attached hydrogen (secondary N) is 1. The molecule has 1 aromatic heterocycles. The van der Waals surface area contributed by atoms with Crippen molar-refractivity contribution in [3.05, 3.63) is 54.0 Å². The quantitative estimate of drug-likeness (QED) is 0.853. The number of carboxylic acids is 1. The van der Waals surface area contributed by atoms with Gasteiger partial charge >= 0.3 is 5.97 Å². The lowest BCUT2D eigenvalue weighted by molar-refractivity contribution is 0.0690. The van der Waals surface area contributed by atoms with Crippen LogP contribution in [0, 0.1) is 0 Å². The fourth-order valence-corrected chi connectivity index (χ4v) is 2.04. The summed E-state index contributed by atoms with van der Waals surface area (Å²) in [7, 11) is 0. The molecule has 0 unspecified atom stereocenters. The Bertz CT molecular complexity index is 612. The SMILES string of the molecule is CC(C)(CCc1ccccc1)Nc1cncc(C(=O)O)n1. The standard InChI is InChI=1S/C16H19N3O2/c1-16(2,9-8-12-6-4-3-5-7-12)19-14-11-17-10-13(18-14)15(20)21/h3-7,10-11H,8-9H2,1-2H3,(H,18,19)(H,20,21). The van der Waals surface area contributed by atoms with Gasteiger partial charge in [0.1, 0.15) is 5.82 Å². The molecule has 2 rings (SSSR count). The van der Waals surface area contributed by atoms with Gasteiger partial charge in [0.2, 0.25) is 0 Å². The molecule has 2 N–H and O–H groups in total. The number of benzene rings is 1. The molecule has 1 aromatic carbocycles. The number of anilines is 1. The lowest BCUT2D eigenvalue weighted by Gasteiger charge is -2.27. The maximum atomic E-state index is 10.9. The first kappa shape index (κ1) is 15.0. The first-order valence-electron chi connectivity index (χ1n) is 6.84. The molecule has 2 aromatic rings. The molecule has 0 saturated carbocycles. The minimum Gasteiger partial charge on any atom is -0.476 e. The van der Waals surface area contributed by atoms with Gasteiger partial charge < -0.3 is 10.4 Å². The normalized spacial score (nSPS) is 11.1. The van der Waals surface area contributed by atoms with Crippen molar-refractivity contribution in [2.24, 2.45) is 0 Å². The fraction of sp³-hybridized carbons (Fsp3) is 0.312. The highest BCUT2D eigenvalue weighted by Crippen LogP contribution is 2.18. The van der Waals surface area contributed by atoms with E-state index in [1.165, 1.54) is 18.0 Å². The van der Waals surface area contributed by atoms with Crippen molar-refractivity contribution in [1.29, 1.82) is 0 Å². The molecular weight excluding hydrogens is 266 g/mol. The number of carboxylic acid groups (broad SMARTS) is 1. The number of aromatic carboxylic acids is 1. The van der Waals surface area contributed by atoms with Crippen LogP contribution < -0.4 is 5.32 Å². The van der Waals surface area contributed by atoms with Crippen LogP contribution in [0.5, 0.6) is 0 Å². The van der Waals surface area contributed by atoms with E-state index in [0.717, 1.165) is 12.8 Å². The smallest absolute Gasteiger partial charge is 0.356 e. The molecule has 110 valence electrons. The van der Waals surface area contributed by atoms with Crippen molar-refractivity contribution in [3.8, 4) is 0 Å². The van der Waals surface area contributed by atoms with Crippen LogP contribution in [0.15, 0.2) is 42.7 Å². The minimum atomic E-state index is -1.08. The second kappa shape index (κ2) is 6.35. The zero-order valence-electron chi connectivity index (χ0n) is 12.2. The van der Waals surface area contributed by atoms with Gasteiger partial charge in [-0.25, -0.2) is 9.78 Å². The van der Waals surface area contributed by atoms with Gasteiger partial charge in [-0.2, -0.15) is 0 Å². The summed E-state index contributed by atoms with van der Waals surface area (Å²) in [6, 6.07) is 10.2. The lowest BCUT2D eigenvalue weighted by Crippen LogP contribution is -2.32. The van der Waals surface area contributed by atoms with Crippen molar-refractivity contribution in [3.63, 3.8) is 0 Å². The van der Waals surface area contributed by atoms with Crippen LogP contribution >= 0.6 is 0 Å². The third-order valence-corrected chi connectivity index (χ3v) is 3.20. The van der Waals surface area contributed by atoms with Crippen LogP contribution in [-0.2, 0) is 6.42 Å². The Morgan fingerprint density at radius 1 is 1.24 bits per heavy atom. The Kier molecular flexibility index (Phi) is 4.52. The van der Waals surface area contributed by atoms with Gasteiger partial charge in [-0.15, -0.1) is 0 Å². The van der Waals surface area contributed by atoms with Crippen molar-refractivity contribution < 1.29 is 9.90 Å². The van der Waals surface area contributed by atoms with Gasteiger partial charge in [0.25, 0.3) is 0 Å². The Morgan fingerprint density at radius 3 is 2.62 bits per heavy atom. The summed E-state index contributed by atoms with van der Waals surface area (Å²) in [5, 5.41) is 12.2. The van der Waals surface area contributed by atoms with Crippen LogP contribution in [0.1, 0.15) is 36.3 Å². The van der Waals surface area contributed by atoms with Crippen LogP contribution in [0.2, 0.25) is 0 Å². The van der Waals surface area contributed by atoms with E-state index >= 15 is 0 Å². The summed E-state index contributed by atoms with van der Waals surface area (Å²) in [6.45, 7) is 4.12. The van der Waals surface area contributed by atoms with E-state index in [1.54, 1.807) is 0 Å². The molecule has 5 heteroatoms. The number of hydrogen-bond acceptors (Lipinski definition) is 4. The largest absolute Gasteiger partial charge is 0.476 e. The van der Waals surface area contributed by atoms with E-state index in [-0.39, 0.29) is 11.2 Å². The number of rotatable bonds is 6. The number of hydrogen-bond donors (Lipinski definition) is 2. The molecule has 21 heavy (non-hydrogen) atoms. The minimum absolute atomic E-state index is 0.0566. The predicted octanol–water partition coefficient (Wildman–Crippen LogP) is 3.00. The number of aromatic nitrogens is 2. The third-order valence-electron chi connectivity index (χ3n) is 3.20. The molecule has 0 aliphatic carbocycles. The molecule has 0 amide bonds. The molecule has 0 aliphatic rings. The van der Waals surface area contributed by atoms with E-state index in [0.29, 0.717) is 5.82 Å². The average molecular weight is 285 g/mol. The topological polar surface area (TPSA) is 75.1 Å². The Balaban J connectivity index is 2.00. The molecule has 0 fully saturated rings. The summed E-state index contributed by atoms with van der Waals surface area (Å²) in [5.74, 6) is -0.596. The van der Waals surface area contributed by atoms with Crippen LogP contribution in [0.25, 0.3) is 0 Å². The summed E-state index contributed by atoms with van der Waals surface area (Å²) >= 11 is 0. The second-order valence-electron chi connectivity index (χ2n) is 5.59. The molecule has 0 spiro atoms. The van der Waals surface area contributed by atoms with E-state index in [1.807, 2.05) is 18.2 Å². The van der Waals surface area contributed by atoms with E-state index in [9.17, 15) is 4.79 Å². The molecule has 0 radical (unpaired) electrons. The van der Waals surface area contributed by atoms with Crippen molar-refractivity contribution in [1.82, 2.24) is 9.97 Å². The zero-order chi connectivity index (χ0) is 15.3. The zero-order valence-corrected chi connectivity index (χ0v) is 12.2. The Morgan fingerprint density at radius 2 is 1.95 bits per heavy atom. The maximum Gasteiger partial charge on any atom is 0.356 e. The molecule has 1 heterocycles. The number of aryl methyl sites for hydroxylation is 1. The van der Waals surface area contributed by atoms with E-state index in [4.69, 9.17) is 5.11 Å². The van der Waals surface area contributed by atoms with Crippen LogP contribution in [0.3, 0.4) is 0 Å². The summed E-state index contributed by atoms with van der Waals surface area (Å²) in [6.07, 6.45) is 4.62. The van der Waals surface area contributed by atoms with Gasteiger partial charge in [-0.1, -0.05) is 30.3 Å². The van der Waals surface area contributed by atoms with Crippen LogP contribution in [0.4, 0.5) is 5.82 Å². The maximum absolute atomic E-state index is 10.9. The highest BCUT2D eigenvalue weighted by Gasteiger charge is 2.18. The number of nitrogens with zero attached hydrogens (tertiary/aromatic N) is 2. The van der Waals surface area contributed by atoms with Gasteiger partial charge in [0, 0.05) is 5.54 Å². The van der Waals surface area contributed by atoms with Gasteiger partial charge in [-0.3, -0.25) is 4.98 Å². The molecular formula is C16H19N3O2. The van der Waals surface area contributed by atoms with Gasteiger partial charge in [0.05, 0.1) is 12.4 Å². The average Bonchev–Trinajstić information content (AvgIpc) is 2.46. The molecule has 0 aliphatic heterocycles. The highest BCUT2D eigenvalue weighted by atomic mass is 16.4. The third kappa shape index (κ3) is 4.56. The lowest BCUT2D eigenvalue weighted by atomic mass is 9.95. The number of carbonyl (C=O) groups is 1. The van der Waals surface area contributed by atoms with Gasteiger partial charge in [-0.05, 0) is 32.3 Å². The highest BCUT2D eigenvalue weighted by molar-refractivity contribution is 5.85. The van der Waals surface area contributed by atoms with Crippen molar-refractivity contribution >= 4 is 11.8 Å². The van der Waals surface area contributed by atoms with E-state index in [2.05, 4.69) is 41.3 Å². The summed E-state index contributed by atoms with van der Waals surface area (Å²) in [5.41, 5.74) is 1.01. The van der Waals surface area contributed by atoms with Crippen LogP contribution in [-0.4, -0.2) is 26.6 Å². The first-order chi connectivity index (χ1) is 9.96. The molecule has 0 saturated heterocycles. The molecule has 0 atom stereocenters. The second-order valence-corrected chi connectivity index (χ2v) is 5.59. The molecule has 0 bridgehead atoms. The van der Waals surface area contributed by atoms with Gasteiger partial charge in [0.15, 0.2) is 5.69 Å².